The maximum atomic E-state index is 11.9. The van der Waals surface area contributed by atoms with Crippen LogP contribution >= 0.6 is 0 Å². The fraction of sp³-hybridized carbons (Fsp3) is 0.182. The number of epoxide rings is 1. The van der Waals surface area contributed by atoms with Crippen LogP contribution in [0.1, 0.15) is 24.2 Å². The predicted octanol–water partition coefficient (Wildman–Crippen LogP) is 4.38. The van der Waals surface area contributed by atoms with Gasteiger partial charge in [-0.1, -0.05) is 48.5 Å². The van der Waals surface area contributed by atoms with Gasteiger partial charge in [-0.05, 0) is 46.5 Å². The van der Waals surface area contributed by atoms with E-state index in [9.17, 15) is 10.1 Å². The molecule has 0 spiro atoms. The second kappa shape index (κ2) is 6.62. The molecule has 4 heteroatoms. The van der Waals surface area contributed by atoms with Crippen molar-refractivity contribution < 1.29 is 14.3 Å². The first kappa shape index (κ1) is 16.3. The molecule has 26 heavy (non-hydrogen) atoms. The number of benzene rings is 3. The molecule has 1 aliphatic rings. The summed E-state index contributed by atoms with van der Waals surface area (Å²) < 4.78 is 10.6. The van der Waals surface area contributed by atoms with E-state index in [1.165, 1.54) is 0 Å². The molecule has 3 aromatic carbocycles. The van der Waals surface area contributed by atoms with Crippen LogP contribution < -0.4 is 0 Å². The number of hydrogen-bond donors (Lipinski definition) is 0. The van der Waals surface area contributed by atoms with Gasteiger partial charge < -0.3 is 9.47 Å². The van der Waals surface area contributed by atoms with Crippen LogP contribution in [0.5, 0.6) is 0 Å². The van der Waals surface area contributed by atoms with Gasteiger partial charge in [-0.2, -0.15) is 5.26 Å². The third-order valence-corrected chi connectivity index (χ3v) is 4.57. The smallest absolute Gasteiger partial charge is 0.338 e. The number of rotatable bonds is 4. The van der Waals surface area contributed by atoms with E-state index in [2.05, 4.69) is 12.1 Å². The van der Waals surface area contributed by atoms with Gasteiger partial charge in [0.05, 0.1) is 18.2 Å². The number of nitriles is 1. The van der Waals surface area contributed by atoms with Gasteiger partial charge in [0.25, 0.3) is 0 Å². The van der Waals surface area contributed by atoms with E-state index in [4.69, 9.17) is 9.47 Å². The summed E-state index contributed by atoms with van der Waals surface area (Å²) in [6, 6.07) is 21.9. The zero-order valence-corrected chi connectivity index (χ0v) is 14.3. The van der Waals surface area contributed by atoms with Gasteiger partial charge in [-0.25, -0.2) is 4.79 Å². The van der Waals surface area contributed by atoms with E-state index in [1.54, 1.807) is 6.92 Å². The monoisotopic (exact) mass is 343 g/mol. The molecule has 1 fully saturated rings. The van der Waals surface area contributed by atoms with Crippen LogP contribution in [0.4, 0.5) is 0 Å². The number of hydrogen-bond acceptors (Lipinski definition) is 4. The van der Waals surface area contributed by atoms with Gasteiger partial charge in [-0.15, -0.1) is 0 Å². The molecule has 0 radical (unpaired) electrons. The highest BCUT2D eigenvalue weighted by molar-refractivity contribution is 5.92. The molecular weight excluding hydrogens is 326 g/mol. The molecule has 2 unspecified atom stereocenters. The largest absolute Gasteiger partial charge is 0.464 e. The zero-order chi connectivity index (χ0) is 18.1. The lowest BCUT2D eigenvalue weighted by molar-refractivity contribution is -0.144. The summed E-state index contributed by atoms with van der Waals surface area (Å²) in [5.74, 6) is -0.330. The van der Waals surface area contributed by atoms with Crippen molar-refractivity contribution in [3.63, 3.8) is 0 Å². The highest BCUT2D eigenvalue weighted by atomic mass is 16.6. The van der Waals surface area contributed by atoms with Crippen molar-refractivity contribution in [3.8, 4) is 17.2 Å². The van der Waals surface area contributed by atoms with Crippen molar-refractivity contribution in [1.82, 2.24) is 0 Å². The minimum atomic E-state index is -0.549. The van der Waals surface area contributed by atoms with Crippen molar-refractivity contribution in [2.45, 2.75) is 19.1 Å². The molecule has 0 saturated carbocycles. The first-order valence-electron chi connectivity index (χ1n) is 8.57. The van der Waals surface area contributed by atoms with E-state index in [1.807, 2.05) is 54.6 Å². The van der Waals surface area contributed by atoms with E-state index >= 15 is 0 Å². The maximum absolute atomic E-state index is 11.9. The summed E-state index contributed by atoms with van der Waals surface area (Å²) >= 11 is 0. The van der Waals surface area contributed by atoms with Crippen LogP contribution in [-0.2, 0) is 14.3 Å². The van der Waals surface area contributed by atoms with Gasteiger partial charge in [0, 0.05) is 0 Å². The summed E-state index contributed by atoms with van der Waals surface area (Å²) in [5, 5.41) is 11.5. The Morgan fingerprint density at radius 3 is 2.73 bits per heavy atom. The molecule has 2 atom stereocenters. The predicted molar refractivity (Wildman–Crippen MR) is 98.3 cm³/mol. The highest BCUT2D eigenvalue weighted by Crippen LogP contribution is 2.44. The molecule has 3 aromatic rings. The lowest BCUT2D eigenvalue weighted by atomic mass is 9.93. The second-order valence-electron chi connectivity index (χ2n) is 6.17. The number of ether oxygens (including phenoxy) is 2. The Bertz CT molecular complexity index is 1030. The van der Waals surface area contributed by atoms with Crippen molar-refractivity contribution in [3.05, 3.63) is 71.8 Å². The average molecular weight is 343 g/mol. The Kier molecular flexibility index (Phi) is 4.16. The van der Waals surface area contributed by atoms with Crippen LogP contribution in [0, 0.1) is 11.3 Å². The van der Waals surface area contributed by atoms with Crippen LogP contribution in [0.2, 0.25) is 0 Å². The standard InChI is InChI=1S/C22H17NO3/c1-2-25-22(24)21-20(26-21)19-10-6-5-9-18(19)15-11-14-7-3-4-8-17(14)16(12-15)13-23/h3-12,20-21H,2H2,1H3. The molecule has 4 nitrogen and oxygen atoms in total. The van der Waals surface area contributed by atoms with E-state index < -0.39 is 6.10 Å². The summed E-state index contributed by atoms with van der Waals surface area (Å²) in [7, 11) is 0. The minimum Gasteiger partial charge on any atom is -0.464 e. The molecule has 1 saturated heterocycles. The van der Waals surface area contributed by atoms with Gasteiger partial charge in [0.2, 0.25) is 0 Å². The molecule has 1 aliphatic heterocycles. The Morgan fingerprint density at radius 2 is 1.92 bits per heavy atom. The van der Waals surface area contributed by atoms with Crippen molar-refractivity contribution in [1.29, 1.82) is 5.26 Å². The molecule has 0 N–H and O–H groups in total. The van der Waals surface area contributed by atoms with Gasteiger partial charge in [0.1, 0.15) is 6.10 Å². The Balaban J connectivity index is 1.77. The normalized spacial score (nSPS) is 18.3. The minimum absolute atomic E-state index is 0.303. The van der Waals surface area contributed by atoms with Crippen molar-refractivity contribution in [2.75, 3.05) is 6.61 Å². The Hall–Kier alpha value is -3.16. The third kappa shape index (κ3) is 2.83. The van der Waals surface area contributed by atoms with Gasteiger partial charge in [0.15, 0.2) is 6.10 Å². The topological polar surface area (TPSA) is 62.6 Å². The summed E-state index contributed by atoms with van der Waals surface area (Å²) in [6.45, 7) is 2.12. The first-order chi connectivity index (χ1) is 12.7. The van der Waals surface area contributed by atoms with E-state index in [0.717, 1.165) is 27.5 Å². The molecule has 4 rings (SSSR count). The third-order valence-electron chi connectivity index (χ3n) is 4.57. The van der Waals surface area contributed by atoms with Gasteiger partial charge in [-0.3, -0.25) is 0 Å². The zero-order valence-electron chi connectivity index (χ0n) is 14.3. The molecule has 0 amide bonds. The Morgan fingerprint density at radius 1 is 1.15 bits per heavy atom. The maximum Gasteiger partial charge on any atom is 0.338 e. The van der Waals surface area contributed by atoms with Crippen LogP contribution in [0.15, 0.2) is 60.7 Å². The van der Waals surface area contributed by atoms with Crippen LogP contribution in [-0.4, -0.2) is 18.7 Å². The fourth-order valence-electron chi connectivity index (χ4n) is 3.32. The second-order valence-corrected chi connectivity index (χ2v) is 6.17. The van der Waals surface area contributed by atoms with Crippen LogP contribution in [0.25, 0.3) is 21.9 Å². The van der Waals surface area contributed by atoms with Crippen molar-refractivity contribution in [2.24, 2.45) is 0 Å². The average Bonchev–Trinajstić information content (AvgIpc) is 3.48. The van der Waals surface area contributed by atoms with Crippen LogP contribution in [0.3, 0.4) is 0 Å². The molecular formula is C22H17NO3. The SMILES string of the molecule is CCOC(=O)C1OC1c1ccccc1-c1cc(C#N)c2ccccc2c1. The number of esters is 1. The quantitative estimate of drug-likeness (QED) is 0.521. The number of carbonyl (C=O) groups is 1. The number of nitrogens with zero attached hydrogens (tertiary/aromatic N) is 1. The van der Waals surface area contributed by atoms with E-state index in [-0.39, 0.29) is 12.1 Å². The summed E-state index contributed by atoms with van der Waals surface area (Å²) in [4.78, 5) is 11.9. The number of fused-ring (bicyclic) bond motifs is 1. The first-order valence-corrected chi connectivity index (χ1v) is 8.57. The van der Waals surface area contributed by atoms with Gasteiger partial charge >= 0.3 is 5.97 Å². The number of carbonyl (C=O) groups excluding carboxylic acids is 1. The lowest BCUT2D eigenvalue weighted by Crippen LogP contribution is -2.12. The van der Waals surface area contributed by atoms with Crippen molar-refractivity contribution >= 4 is 16.7 Å². The van der Waals surface area contributed by atoms with E-state index in [0.29, 0.717) is 12.2 Å². The summed E-state index contributed by atoms with van der Waals surface area (Å²) in [6.07, 6.45) is -0.853. The highest BCUT2D eigenvalue weighted by Gasteiger charge is 2.48. The lowest BCUT2D eigenvalue weighted by Gasteiger charge is -2.10. The molecule has 0 bridgehead atoms. The molecule has 128 valence electrons. The fourth-order valence-corrected chi connectivity index (χ4v) is 3.32. The Labute approximate surface area is 151 Å². The molecule has 0 aromatic heterocycles. The molecule has 1 heterocycles. The molecule has 0 aliphatic carbocycles. The summed E-state index contributed by atoms with van der Waals surface area (Å²) in [5.41, 5.74) is 3.47.